The van der Waals surface area contributed by atoms with Crippen molar-refractivity contribution in [2.24, 2.45) is 0 Å². The SMILES string of the molecule is Cc1c([N+](=O)[O-])cc(C(C)(C)C)c(OC=O)c1[N+](=O)[O-]. The quantitative estimate of drug-likeness (QED) is 0.476. The summed E-state index contributed by atoms with van der Waals surface area (Å²) in [5, 5.41) is 22.2. The average Bonchev–Trinajstić information content (AvgIpc) is 2.26. The van der Waals surface area contributed by atoms with E-state index in [-0.39, 0.29) is 29.0 Å². The summed E-state index contributed by atoms with van der Waals surface area (Å²) >= 11 is 0. The minimum absolute atomic E-state index is 0.0723. The van der Waals surface area contributed by atoms with Gasteiger partial charge in [-0.15, -0.1) is 0 Å². The number of nitro benzene ring substituents is 2. The minimum Gasteiger partial charge on any atom is -0.421 e. The second kappa shape index (κ2) is 5.24. The van der Waals surface area contributed by atoms with Gasteiger partial charge in [-0.3, -0.25) is 25.0 Å². The third kappa shape index (κ3) is 2.73. The average molecular weight is 282 g/mol. The van der Waals surface area contributed by atoms with Crippen molar-refractivity contribution in [1.29, 1.82) is 0 Å². The Labute approximate surface area is 114 Å². The van der Waals surface area contributed by atoms with Crippen molar-refractivity contribution in [2.45, 2.75) is 33.1 Å². The maximum atomic E-state index is 11.2. The highest BCUT2D eigenvalue weighted by molar-refractivity contribution is 5.68. The van der Waals surface area contributed by atoms with Gasteiger partial charge in [-0.25, -0.2) is 0 Å². The predicted octanol–water partition coefficient (Wildman–Crippen LogP) is 2.64. The van der Waals surface area contributed by atoms with Crippen molar-refractivity contribution in [3.63, 3.8) is 0 Å². The van der Waals surface area contributed by atoms with Gasteiger partial charge in [0, 0.05) is 11.6 Å². The molecule has 0 saturated heterocycles. The molecule has 8 nitrogen and oxygen atoms in total. The number of hydrogen-bond acceptors (Lipinski definition) is 6. The fourth-order valence-electron chi connectivity index (χ4n) is 1.86. The van der Waals surface area contributed by atoms with Gasteiger partial charge in [-0.05, 0) is 12.3 Å². The van der Waals surface area contributed by atoms with E-state index in [1.54, 1.807) is 20.8 Å². The Kier molecular flexibility index (Phi) is 4.07. The molecule has 0 saturated carbocycles. The topological polar surface area (TPSA) is 113 Å². The highest BCUT2D eigenvalue weighted by atomic mass is 16.6. The van der Waals surface area contributed by atoms with Gasteiger partial charge < -0.3 is 4.74 Å². The zero-order valence-electron chi connectivity index (χ0n) is 11.5. The maximum Gasteiger partial charge on any atom is 0.321 e. The molecule has 0 spiro atoms. The molecule has 0 bridgehead atoms. The minimum atomic E-state index is -0.781. The van der Waals surface area contributed by atoms with Crippen LogP contribution in [0.15, 0.2) is 6.07 Å². The molecule has 8 heteroatoms. The molecule has 0 atom stereocenters. The zero-order valence-corrected chi connectivity index (χ0v) is 11.5. The van der Waals surface area contributed by atoms with Crippen molar-refractivity contribution in [2.75, 3.05) is 0 Å². The number of ether oxygens (including phenoxy) is 1. The molecule has 108 valence electrons. The molecular formula is C12H14N2O6. The molecule has 0 aliphatic carbocycles. The molecule has 0 amide bonds. The van der Waals surface area contributed by atoms with Gasteiger partial charge in [0.25, 0.3) is 12.2 Å². The fourth-order valence-corrected chi connectivity index (χ4v) is 1.86. The molecule has 1 aromatic carbocycles. The van der Waals surface area contributed by atoms with E-state index in [9.17, 15) is 25.0 Å². The van der Waals surface area contributed by atoms with Crippen LogP contribution in [0.25, 0.3) is 0 Å². The van der Waals surface area contributed by atoms with E-state index >= 15 is 0 Å². The summed E-state index contributed by atoms with van der Waals surface area (Å²) < 4.78 is 4.73. The Hall–Kier alpha value is -2.51. The van der Waals surface area contributed by atoms with E-state index in [2.05, 4.69) is 0 Å². The number of nitrogens with zero attached hydrogens (tertiary/aromatic N) is 2. The predicted molar refractivity (Wildman–Crippen MR) is 69.9 cm³/mol. The highest BCUT2D eigenvalue weighted by Gasteiger charge is 2.34. The van der Waals surface area contributed by atoms with Gasteiger partial charge in [0.2, 0.25) is 5.75 Å². The van der Waals surface area contributed by atoms with E-state index in [4.69, 9.17) is 4.74 Å². The van der Waals surface area contributed by atoms with Crippen molar-refractivity contribution in [1.82, 2.24) is 0 Å². The first-order valence-corrected chi connectivity index (χ1v) is 5.68. The van der Waals surface area contributed by atoms with Gasteiger partial charge in [-0.1, -0.05) is 20.8 Å². The van der Waals surface area contributed by atoms with Gasteiger partial charge in [0.05, 0.1) is 9.85 Å². The Morgan fingerprint density at radius 1 is 1.20 bits per heavy atom. The van der Waals surface area contributed by atoms with Crippen LogP contribution in [0.5, 0.6) is 5.75 Å². The molecule has 1 aromatic rings. The maximum absolute atomic E-state index is 11.2. The van der Waals surface area contributed by atoms with E-state index in [1.807, 2.05) is 0 Å². The summed E-state index contributed by atoms with van der Waals surface area (Å²) in [6, 6.07) is 1.21. The summed E-state index contributed by atoms with van der Waals surface area (Å²) in [6.07, 6.45) is 0. The lowest BCUT2D eigenvalue weighted by atomic mass is 9.84. The lowest BCUT2D eigenvalue weighted by Gasteiger charge is -2.21. The van der Waals surface area contributed by atoms with Gasteiger partial charge in [0.1, 0.15) is 5.56 Å². The summed E-state index contributed by atoms with van der Waals surface area (Å²) in [5.74, 6) is -0.249. The number of carbonyl (C=O) groups excluding carboxylic acids is 1. The lowest BCUT2D eigenvalue weighted by molar-refractivity contribution is -0.395. The van der Waals surface area contributed by atoms with Crippen molar-refractivity contribution in [3.8, 4) is 5.75 Å². The van der Waals surface area contributed by atoms with E-state index < -0.39 is 20.9 Å². The summed E-state index contributed by atoms with van der Waals surface area (Å²) in [7, 11) is 0. The molecule has 0 radical (unpaired) electrons. The molecule has 0 aromatic heterocycles. The number of carbonyl (C=O) groups is 1. The van der Waals surface area contributed by atoms with Crippen LogP contribution < -0.4 is 4.74 Å². The number of hydrogen-bond donors (Lipinski definition) is 0. The number of rotatable bonds is 4. The molecule has 1 rings (SSSR count). The first-order valence-electron chi connectivity index (χ1n) is 5.68. The number of benzene rings is 1. The van der Waals surface area contributed by atoms with Crippen molar-refractivity contribution < 1.29 is 19.4 Å². The molecular weight excluding hydrogens is 268 g/mol. The largest absolute Gasteiger partial charge is 0.421 e. The third-order valence-electron chi connectivity index (χ3n) is 2.83. The monoisotopic (exact) mass is 282 g/mol. The van der Waals surface area contributed by atoms with Crippen LogP contribution in [-0.4, -0.2) is 16.3 Å². The first kappa shape index (κ1) is 15.5. The first-order chi connectivity index (χ1) is 9.11. The van der Waals surface area contributed by atoms with E-state index in [0.29, 0.717) is 0 Å². The van der Waals surface area contributed by atoms with Crippen LogP contribution in [0.4, 0.5) is 11.4 Å². The Morgan fingerprint density at radius 2 is 1.75 bits per heavy atom. The van der Waals surface area contributed by atoms with Crippen molar-refractivity contribution >= 4 is 17.8 Å². The second-order valence-electron chi connectivity index (χ2n) is 5.22. The fraction of sp³-hybridized carbons (Fsp3) is 0.417. The molecule has 0 fully saturated rings. The van der Waals surface area contributed by atoms with Crippen LogP contribution in [-0.2, 0) is 10.2 Å². The molecule has 20 heavy (non-hydrogen) atoms. The van der Waals surface area contributed by atoms with Crippen molar-refractivity contribution in [3.05, 3.63) is 37.4 Å². The van der Waals surface area contributed by atoms with Crippen LogP contribution in [0.1, 0.15) is 31.9 Å². The molecule has 0 aliphatic heterocycles. The number of nitro groups is 2. The third-order valence-corrected chi connectivity index (χ3v) is 2.83. The Morgan fingerprint density at radius 3 is 2.10 bits per heavy atom. The van der Waals surface area contributed by atoms with Crippen LogP contribution in [0.3, 0.4) is 0 Å². The van der Waals surface area contributed by atoms with Gasteiger partial charge in [0.15, 0.2) is 0 Å². The van der Waals surface area contributed by atoms with E-state index in [1.165, 1.54) is 13.0 Å². The lowest BCUT2D eigenvalue weighted by Crippen LogP contribution is -2.16. The normalized spacial score (nSPS) is 11.0. The summed E-state index contributed by atoms with van der Waals surface area (Å²) in [4.78, 5) is 31.3. The Bertz CT molecular complexity index is 589. The molecule has 0 aliphatic rings. The molecule has 0 N–H and O–H groups in total. The smallest absolute Gasteiger partial charge is 0.321 e. The summed E-state index contributed by atoms with van der Waals surface area (Å²) in [5.41, 5.74) is -1.52. The van der Waals surface area contributed by atoms with Crippen LogP contribution in [0.2, 0.25) is 0 Å². The van der Waals surface area contributed by atoms with Gasteiger partial charge >= 0.3 is 5.69 Å². The zero-order chi connectivity index (χ0) is 15.7. The highest BCUT2D eigenvalue weighted by Crippen LogP contribution is 2.44. The van der Waals surface area contributed by atoms with Crippen LogP contribution in [0, 0.1) is 27.2 Å². The van der Waals surface area contributed by atoms with E-state index in [0.717, 1.165) is 0 Å². The van der Waals surface area contributed by atoms with Gasteiger partial charge in [-0.2, -0.15) is 0 Å². The second-order valence-corrected chi connectivity index (χ2v) is 5.22. The molecule has 0 heterocycles. The summed E-state index contributed by atoms with van der Waals surface area (Å²) in [6.45, 7) is 6.46. The standard InChI is InChI=1S/C12H14N2O6/c1-7-9(13(16)17)5-8(12(2,3)4)11(20-6-15)10(7)14(18)19/h5-6H,1-4H3. The van der Waals surface area contributed by atoms with Crippen LogP contribution >= 0.6 is 0 Å². The Balaban J connectivity index is 3.87. The molecule has 0 unspecified atom stereocenters.